The number of rotatable bonds is 4. The summed E-state index contributed by atoms with van der Waals surface area (Å²) in [6.45, 7) is 9.67. The van der Waals surface area contributed by atoms with Crippen molar-refractivity contribution in [1.82, 2.24) is 0 Å². The highest BCUT2D eigenvalue weighted by Gasteiger charge is 2.60. The highest BCUT2D eigenvalue weighted by atomic mass is 28.4. The maximum Gasteiger partial charge on any atom is 0.280 e. The van der Waals surface area contributed by atoms with Crippen molar-refractivity contribution in [1.29, 1.82) is 0 Å². The average Bonchev–Trinajstić information content (AvgIpc) is 3.27. The molecule has 0 radical (unpaired) electrons. The van der Waals surface area contributed by atoms with E-state index in [4.69, 9.17) is 23.4 Å². The number of hydrogen-bond donors (Lipinski definition) is 0. The van der Waals surface area contributed by atoms with Gasteiger partial charge in [0.2, 0.25) is 0 Å². The maximum absolute atomic E-state index is 7.25. The topological polar surface area (TPSA) is 46.2 Å². The van der Waals surface area contributed by atoms with E-state index in [2.05, 4.69) is 81.4 Å². The molecule has 5 atom stereocenters. The third-order valence-electron chi connectivity index (χ3n) is 6.48. The summed E-state index contributed by atoms with van der Waals surface area (Å²) >= 11 is 0. The van der Waals surface area contributed by atoms with E-state index in [0.717, 1.165) is 0 Å². The van der Waals surface area contributed by atoms with Crippen LogP contribution in [0.25, 0.3) is 0 Å². The molecule has 3 heterocycles. The van der Waals surface area contributed by atoms with E-state index in [1.807, 2.05) is 6.92 Å². The number of benzene rings is 2. The molecule has 5 rings (SSSR count). The Morgan fingerprint density at radius 3 is 2.03 bits per heavy atom. The van der Waals surface area contributed by atoms with Crippen molar-refractivity contribution in [3.8, 4) is 0 Å². The third kappa shape index (κ3) is 3.18. The molecule has 6 heteroatoms. The molecular formula is C24H30O5Si. The first-order chi connectivity index (χ1) is 14.3. The molecule has 3 aliphatic heterocycles. The van der Waals surface area contributed by atoms with Crippen molar-refractivity contribution >= 4 is 18.7 Å². The Hall–Kier alpha value is -1.54. The summed E-state index contributed by atoms with van der Waals surface area (Å²) in [5.41, 5.74) is 0. The van der Waals surface area contributed by atoms with E-state index >= 15 is 0 Å². The molecule has 3 saturated heterocycles. The fourth-order valence-electron chi connectivity index (χ4n) is 5.14. The second kappa shape index (κ2) is 7.26. The van der Waals surface area contributed by atoms with Gasteiger partial charge >= 0.3 is 0 Å². The van der Waals surface area contributed by atoms with Crippen LogP contribution in [-0.2, 0) is 23.4 Å². The van der Waals surface area contributed by atoms with Crippen molar-refractivity contribution in [2.75, 3.05) is 13.2 Å². The molecule has 2 bridgehead atoms. The van der Waals surface area contributed by atoms with Gasteiger partial charge in [-0.2, -0.15) is 0 Å². The van der Waals surface area contributed by atoms with Crippen LogP contribution in [0, 0.1) is 0 Å². The van der Waals surface area contributed by atoms with E-state index in [9.17, 15) is 0 Å². The molecule has 30 heavy (non-hydrogen) atoms. The zero-order valence-corrected chi connectivity index (χ0v) is 19.0. The van der Waals surface area contributed by atoms with Gasteiger partial charge in [-0.3, -0.25) is 0 Å². The van der Waals surface area contributed by atoms with Gasteiger partial charge in [0.25, 0.3) is 14.3 Å². The van der Waals surface area contributed by atoms with Crippen LogP contribution < -0.4 is 10.4 Å². The molecular weight excluding hydrogens is 396 g/mol. The lowest BCUT2D eigenvalue weighted by atomic mass is 10.1. The second-order valence-corrected chi connectivity index (χ2v) is 13.8. The summed E-state index contributed by atoms with van der Waals surface area (Å²) in [5, 5.41) is 2.41. The molecule has 5 nitrogen and oxygen atoms in total. The molecule has 0 spiro atoms. The molecule has 160 valence electrons. The van der Waals surface area contributed by atoms with Crippen LogP contribution in [0.3, 0.4) is 0 Å². The fourth-order valence-corrected chi connectivity index (χ4v) is 9.81. The summed E-state index contributed by atoms with van der Waals surface area (Å²) in [4.78, 5) is 0. The first kappa shape index (κ1) is 20.4. The quantitative estimate of drug-likeness (QED) is 0.704. The lowest BCUT2D eigenvalue weighted by molar-refractivity contribution is -0.377. The van der Waals surface area contributed by atoms with Crippen LogP contribution in [0.2, 0.25) is 5.04 Å². The summed E-state index contributed by atoms with van der Waals surface area (Å²) in [5.74, 6) is -1.01. The molecule has 2 aromatic carbocycles. The van der Waals surface area contributed by atoms with Crippen molar-refractivity contribution in [2.45, 2.75) is 63.1 Å². The zero-order valence-electron chi connectivity index (χ0n) is 18.0. The van der Waals surface area contributed by atoms with E-state index < -0.39 is 14.3 Å². The van der Waals surface area contributed by atoms with Crippen LogP contribution in [0.5, 0.6) is 0 Å². The monoisotopic (exact) mass is 426 g/mol. The van der Waals surface area contributed by atoms with Crippen LogP contribution >= 0.6 is 0 Å². The van der Waals surface area contributed by atoms with Crippen LogP contribution in [0.1, 0.15) is 27.7 Å². The van der Waals surface area contributed by atoms with Gasteiger partial charge in [0.15, 0.2) is 0 Å². The average molecular weight is 427 g/mol. The van der Waals surface area contributed by atoms with Crippen molar-refractivity contribution < 1.29 is 23.4 Å². The molecule has 0 amide bonds. The summed E-state index contributed by atoms with van der Waals surface area (Å²) < 4.78 is 31.3. The molecule has 0 N–H and O–H groups in total. The highest BCUT2D eigenvalue weighted by molar-refractivity contribution is 6.99. The molecule has 2 aromatic rings. The van der Waals surface area contributed by atoms with E-state index in [1.165, 1.54) is 10.4 Å². The first-order valence-electron chi connectivity index (χ1n) is 10.7. The largest absolute Gasteiger partial charge is 0.399 e. The molecule has 0 aliphatic carbocycles. The van der Waals surface area contributed by atoms with Gasteiger partial charge in [-0.25, -0.2) is 0 Å². The maximum atomic E-state index is 7.25. The predicted octanol–water partition coefficient (Wildman–Crippen LogP) is 2.82. The van der Waals surface area contributed by atoms with Crippen LogP contribution in [0.15, 0.2) is 60.7 Å². The van der Waals surface area contributed by atoms with Gasteiger partial charge < -0.3 is 23.4 Å². The Kier molecular flexibility index (Phi) is 4.93. The lowest BCUT2D eigenvalue weighted by Crippen LogP contribution is -2.69. The van der Waals surface area contributed by atoms with Crippen LogP contribution in [0.4, 0.5) is 0 Å². The van der Waals surface area contributed by atoms with E-state index in [-0.39, 0.29) is 29.5 Å². The van der Waals surface area contributed by atoms with Crippen molar-refractivity contribution in [2.24, 2.45) is 0 Å². The van der Waals surface area contributed by atoms with Gasteiger partial charge in [-0.05, 0) is 15.4 Å². The first-order valence-corrected chi connectivity index (χ1v) is 12.6. The van der Waals surface area contributed by atoms with Crippen molar-refractivity contribution in [3.05, 3.63) is 60.7 Å². The lowest BCUT2D eigenvalue weighted by Gasteiger charge is -2.46. The van der Waals surface area contributed by atoms with Gasteiger partial charge in [0, 0.05) is 6.92 Å². The third-order valence-corrected chi connectivity index (χ3v) is 11.5. The van der Waals surface area contributed by atoms with Crippen LogP contribution in [-0.4, -0.2) is 51.9 Å². The van der Waals surface area contributed by atoms with Gasteiger partial charge in [0.1, 0.15) is 18.3 Å². The van der Waals surface area contributed by atoms with E-state index in [1.54, 1.807) is 0 Å². The Morgan fingerprint density at radius 2 is 1.47 bits per heavy atom. The molecule has 1 unspecified atom stereocenters. The Bertz CT molecular complexity index is 844. The summed E-state index contributed by atoms with van der Waals surface area (Å²) in [6, 6.07) is 21.3. The summed E-state index contributed by atoms with van der Waals surface area (Å²) in [6.07, 6.45) is -0.670. The van der Waals surface area contributed by atoms with Gasteiger partial charge in [-0.15, -0.1) is 0 Å². The highest BCUT2D eigenvalue weighted by Crippen LogP contribution is 2.44. The Labute approximate surface area is 179 Å². The Balaban J connectivity index is 1.58. The fraction of sp³-hybridized carbons (Fsp3) is 0.500. The van der Waals surface area contributed by atoms with Gasteiger partial charge in [0.05, 0.1) is 19.3 Å². The number of hydrogen-bond acceptors (Lipinski definition) is 5. The molecule has 3 aliphatic rings. The summed E-state index contributed by atoms with van der Waals surface area (Å²) in [7, 11) is -2.68. The normalized spacial score (nSPS) is 33.5. The minimum Gasteiger partial charge on any atom is -0.399 e. The van der Waals surface area contributed by atoms with Crippen molar-refractivity contribution in [3.63, 3.8) is 0 Å². The number of ether oxygens (including phenoxy) is 4. The molecule has 0 saturated carbocycles. The smallest absolute Gasteiger partial charge is 0.280 e. The van der Waals surface area contributed by atoms with E-state index in [0.29, 0.717) is 13.2 Å². The predicted molar refractivity (Wildman–Crippen MR) is 116 cm³/mol. The zero-order chi connectivity index (χ0) is 21.0. The standard InChI is InChI=1S/C24H30O5Si/c1-23(2,3)30(17-11-7-5-8-12-17,18-13-9-6-10-14-18)29-20-15-25-21-19-16-26-24(4,27-19)28-22(20)21/h5-14,19-22H,15-16H2,1-4H3/t19-,20+,21-,22-,24?/m1/s1. The molecule has 0 aromatic heterocycles. The number of fused-ring (bicyclic) bond motifs is 4. The Morgan fingerprint density at radius 1 is 0.867 bits per heavy atom. The van der Waals surface area contributed by atoms with Gasteiger partial charge in [-0.1, -0.05) is 81.4 Å². The minimum absolute atomic E-state index is 0.0989. The minimum atomic E-state index is -2.68. The molecule has 3 fully saturated rings. The SMILES string of the molecule is CC12OC[C@@H](O1)[C@H]1OC[C@H](O[Si](c3ccccc3)(c3ccccc3)C(C)(C)C)[C@H]1O2. The second-order valence-electron chi connectivity index (χ2n) is 9.53.